The van der Waals surface area contributed by atoms with Crippen molar-refractivity contribution in [2.24, 2.45) is 22.7 Å². The van der Waals surface area contributed by atoms with E-state index in [0.717, 1.165) is 18.6 Å². The maximum absolute atomic E-state index is 10.6. The normalized spacial score (nSPS) is 39.6. The van der Waals surface area contributed by atoms with Gasteiger partial charge in [-0.15, -0.1) is 0 Å². The van der Waals surface area contributed by atoms with Crippen LogP contribution in [0.5, 0.6) is 0 Å². The van der Waals surface area contributed by atoms with Gasteiger partial charge in [0, 0.05) is 5.92 Å². The van der Waals surface area contributed by atoms with Crippen molar-refractivity contribution >= 4 is 6.29 Å². The van der Waals surface area contributed by atoms with Gasteiger partial charge in [-0.25, -0.2) is 0 Å². The number of allylic oxidation sites excluding steroid dienone is 3. The molecule has 0 bridgehead atoms. The quantitative estimate of drug-likeness (QED) is 0.397. The number of hydrogen-bond acceptors (Lipinski definition) is 1. The molecular weight excluding hydrogens is 220 g/mol. The molecule has 0 saturated heterocycles. The lowest BCUT2D eigenvalue weighted by Gasteiger charge is -2.57. The molecule has 0 amide bonds. The summed E-state index contributed by atoms with van der Waals surface area (Å²) in [7, 11) is 0. The van der Waals surface area contributed by atoms with Crippen LogP contribution >= 0.6 is 0 Å². The van der Waals surface area contributed by atoms with Gasteiger partial charge in [-0.05, 0) is 48.5 Å². The zero-order valence-corrected chi connectivity index (χ0v) is 12.0. The number of carbonyl (C=O) groups excluding carboxylic acids is 1. The second-order valence-corrected chi connectivity index (χ2v) is 7.10. The van der Waals surface area contributed by atoms with Crippen LogP contribution in [0.4, 0.5) is 0 Å². The Morgan fingerprint density at radius 1 is 1.28 bits per heavy atom. The topological polar surface area (TPSA) is 17.1 Å². The van der Waals surface area contributed by atoms with E-state index in [0.29, 0.717) is 16.7 Å². The molecule has 2 aliphatic rings. The van der Waals surface area contributed by atoms with Crippen LogP contribution in [0, 0.1) is 22.7 Å². The summed E-state index contributed by atoms with van der Waals surface area (Å²) in [4.78, 5) is 10.6. The Bertz CT molecular complexity index is 377. The minimum Gasteiger partial charge on any atom is -0.299 e. The van der Waals surface area contributed by atoms with Crippen LogP contribution in [0.15, 0.2) is 24.3 Å². The molecule has 1 nitrogen and oxygen atoms in total. The number of carbonyl (C=O) groups is 1. The SMILES string of the molecule is C=C1CCC2C(C)(C)CCCC2(C)C1C=CC=O. The van der Waals surface area contributed by atoms with Gasteiger partial charge in [0.1, 0.15) is 6.29 Å². The highest BCUT2D eigenvalue weighted by Crippen LogP contribution is 2.61. The fourth-order valence-corrected chi connectivity index (χ4v) is 4.72. The van der Waals surface area contributed by atoms with E-state index in [1.165, 1.54) is 31.3 Å². The van der Waals surface area contributed by atoms with Gasteiger partial charge in [-0.2, -0.15) is 0 Å². The molecule has 0 radical (unpaired) electrons. The number of fused-ring (bicyclic) bond motifs is 1. The maximum Gasteiger partial charge on any atom is 0.142 e. The molecule has 0 aromatic heterocycles. The van der Waals surface area contributed by atoms with Crippen LogP contribution in [-0.4, -0.2) is 6.29 Å². The lowest BCUT2D eigenvalue weighted by Crippen LogP contribution is -2.48. The zero-order chi connectivity index (χ0) is 13.4. The van der Waals surface area contributed by atoms with E-state index in [4.69, 9.17) is 0 Å². The van der Waals surface area contributed by atoms with Gasteiger partial charge in [-0.3, -0.25) is 4.79 Å². The number of rotatable bonds is 2. The van der Waals surface area contributed by atoms with Crippen molar-refractivity contribution < 1.29 is 4.79 Å². The fraction of sp³-hybridized carbons (Fsp3) is 0.706. The molecule has 2 fully saturated rings. The molecule has 2 saturated carbocycles. The van der Waals surface area contributed by atoms with Gasteiger partial charge >= 0.3 is 0 Å². The van der Waals surface area contributed by atoms with Gasteiger partial charge in [0.15, 0.2) is 0 Å². The van der Waals surface area contributed by atoms with E-state index >= 15 is 0 Å². The van der Waals surface area contributed by atoms with Crippen molar-refractivity contribution in [2.75, 3.05) is 0 Å². The standard InChI is InChI=1S/C17H26O/c1-13-8-9-15-16(2,3)10-6-11-17(15,4)14(13)7-5-12-18/h5,7,12,14-15H,1,6,8-11H2,2-4H3. The Hall–Kier alpha value is -0.850. The summed E-state index contributed by atoms with van der Waals surface area (Å²) >= 11 is 0. The zero-order valence-electron chi connectivity index (χ0n) is 12.0. The van der Waals surface area contributed by atoms with Crippen LogP contribution < -0.4 is 0 Å². The Morgan fingerprint density at radius 2 is 2.00 bits per heavy atom. The monoisotopic (exact) mass is 246 g/mol. The van der Waals surface area contributed by atoms with Crippen molar-refractivity contribution in [3.63, 3.8) is 0 Å². The third-order valence-corrected chi connectivity index (χ3v) is 5.56. The fourth-order valence-electron chi connectivity index (χ4n) is 4.72. The molecule has 2 aliphatic carbocycles. The molecule has 18 heavy (non-hydrogen) atoms. The van der Waals surface area contributed by atoms with Crippen LogP contribution in [0.1, 0.15) is 52.9 Å². The molecule has 0 aliphatic heterocycles. The lowest BCUT2D eigenvalue weighted by atomic mass is 9.47. The van der Waals surface area contributed by atoms with Crippen molar-refractivity contribution in [2.45, 2.75) is 52.9 Å². The molecule has 3 unspecified atom stereocenters. The molecule has 100 valence electrons. The van der Waals surface area contributed by atoms with E-state index in [1.54, 1.807) is 6.08 Å². The highest BCUT2D eigenvalue weighted by atomic mass is 16.1. The number of hydrogen-bond donors (Lipinski definition) is 0. The molecule has 2 rings (SSSR count). The van der Waals surface area contributed by atoms with E-state index in [2.05, 4.69) is 33.4 Å². The summed E-state index contributed by atoms with van der Waals surface area (Å²) in [6, 6.07) is 0. The van der Waals surface area contributed by atoms with Gasteiger partial charge in [0.25, 0.3) is 0 Å². The Labute approximate surface area is 111 Å². The highest BCUT2D eigenvalue weighted by Gasteiger charge is 2.51. The van der Waals surface area contributed by atoms with E-state index in [9.17, 15) is 4.79 Å². The summed E-state index contributed by atoms with van der Waals surface area (Å²) in [5, 5.41) is 0. The first-order valence-electron chi connectivity index (χ1n) is 7.21. The van der Waals surface area contributed by atoms with Crippen molar-refractivity contribution in [3.05, 3.63) is 24.3 Å². The minimum atomic E-state index is 0.302. The van der Waals surface area contributed by atoms with Crippen LogP contribution in [0.3, 0.4) is 0 Å². The predicted octanol–water partition coefficient (Wildman–Crippen LogP) is 4.54. The predicted molar refractivity (Wildman–Crippen MR) is 76.3 cm³/mol. The summed E-state index contributed by atoms with van der Waals surface area (Å²) in [5.74, 6) is 1.14. The molecule has 0 aromatic carbocycles. The largest absolute Gasteiger partial charge is 0.299 e. The number of aldehydes is 1. The van der Waals surface area contributed by atoms with Gasteiger partial charge < -0.3 is 0 Å². The Balaban J connectivity index is 2.36. The summed E-state index contributed by atoms with van der Waals surface area (Å²) in [6.07, 6.45) is 11.0. The molecule has 0 heterocycles. The average molecular weight is 246 g/mol. The van der Waals surface area contributed by atoms with Crippen molar-refractivity contribution in [1.82, 2.24) is 0 Å². The van der Waals surface area contributed by atoms with E-state index in [-0.39, 0.29) is 0 Å². The second kappa shape index (κ2) is 4.68. The van der Waals surface area contributed by atoms with E-state index in [1.807, 2.05) is 0 Å². The maximum atomic E-state index is 10.6. The third-order valence-electron chi connectivity index (χ3n) is 5.56. The third kappa shape index (κ3) is 2.08. The van der Waals surface area contributed by atoms with E-state index < -0.39 is 0 Å². The molecule has 3 atom stereocenters. The summed E-state index contributed by atoms with van der Waals surface area (Å²) < 4.78 is 0. The highest BCUT2D eigenvalue weighted by molar-refractivity contribution is 5.65. The smallest absolute Gasteiger partial charge is 0.142 e. The first-order chi connectivity index (χ1) is 8.42. The Kier molecular flexibility index (Phi) is 3.53. The van der Waals surface area contributed by atoms with Crippen LogP contribution in [0.25, 0.3) is 0 Å². The van der Waals surface area contributed by atoms with Crippen molar-refractivity contribution in [1.29, 1.82) is 0 Å². The minimum absolute atomic E-state index is 0.302. The van der Waals surface area contributed by atoms with Crippen molar-refractivity contribution in [3.8, 4) is 0 Å². The van der Waals surface area contributed by atoms with Gasteiger partial charge in [-0.1, -0.05) is 45.4 Å². The molecule has 0 N–H and O–H groups in total. The van der Waals surface area contributed by atoms with Crippen LogP contribution in [-0.2, 0) is 4.79 Å². The average Bonchev–Trinajstić information content (AvgIpc) is 2.27. The van der Waals surface area contributed by atoms with Crippen LogP contribution in [0.2, 0.25) is 0 Å². The Morgan fingerprint density at radius 3 is 2.67 bits per heavy atom. The molecule has 1 heteroatoms. The first-order valence-corrected chi connectivity index (χ1v) is 7.21. The first kappa shape index (κ1) is 13.6. The molecule has 0 spiro atoms. The lowest BCUT2D eigenvalue weighted by molar-refractivity contribution is -0.104. The van der Waals surface area contributed by atoms with Gasteiger partial charge in [0.05, 0.1) is 0 Å². The summed E-state index contributed by atoms with van der Waals surface area (Å²) in [6.45, 7) is 11.5. The molecule has 0 aromatic rings. The molecular formula is C17H26O. The summed E-state index contributed by atoms with van der Waals surface area (Å²) in [5.41, 5.74) is 2.06. The van der Waals surface area contributed by atoms with Gasteiger partial charge in [0.2, 0.25) is 0 Å². The second-order valence-electron chi connectivity index (χ2n) is 7.10.